The Kier molecular flexibility index (Phi) is 7.37. The van der Waals surface area contributed by atoms with Crippen LogP contribution in [0.2, 0.25) is 0 Å². The molecule has 0 spiro atoms. The van der Waals surface area contributed by atoms with Gasteiger partial charge < -0.3 is 5.32 Å². The van der Waals surface area contributed by atoms with Gasteiger partial charge in [-0.1, -0.05) is 17.8 Å². The van der Waals surface area contributed by atoms with Crippen LogP contribution >= 0.6 is 11.8 Å². The second-order valence-electron chi connectivity index (χ2n) is 7.51. The number of fused-ring (bicyclic) bond motifs is 1. The molecule has 4 aromatic rings. The fourth-order valence-electron chi connectivity index (χ4n) is 3.13. The molecule has 3 heterocycles. The highest BCUT2D eigenvalue weighted by Gasteiger charge is 2.16. The SMILES string of the molecule is CC(=O)SCC(=O)c1ccc(NS(=O)(=O)c2ccc3nc(NCc4cccnc4)ccc3c2)nc1. The number of benzene rings is 1. The lowest BCUT2D eigenvalue weighted by molar-refractivity contribution is -0.109. The summed E-state index contributed by atoms with van der Waals surface area (Å²) in [6.45, 7) is 1.95. The molecule has 0 saturated heterocycles. The molecule has 0 amide bonds. The number of hydrogen-bond acceptors (Lipinski definition) is 9. The van der Waals surface area contributed by atoms with Gasteiger partial charge in [0.2, 0.25) is 0 Å². The maximum absolute atomic E-state index is 12.9. The Labute approximate surface area is 206 Å². The third kappa shape index (κ3) is 6.40. The molecular formula is C24H21N5O4S2. The number of thioether (sulfide) groups is 1. The molecule has 0 aliphatic heterocycles. The minimum absolute atomic E-state index is 0.00785. The van der Waals surface area contributed by atoms with Crippen molar-refractivity contribution in [3.8, 4) is 0 Å². The number of nitrogens with zero attached hydrogens (tertiary/aromatic N) is 3. The van der Waals surface area contributed by atoms with Gasteiger partial charge in [0.05, 0.1) is 16.2 Å². The van der Waals surface area contributed by atoms with Gasteiger partial charge in [0.15, 0.2) is 10.9 Å². The molecule has 0 atom stereocenters. The van der Waals surface area contributed by atoms with Crippen LogP contribution in [0.4, 0.5) is 11.6 Å². The van der Waals surface area contributed by atoms with Crippen LogP contribution < -0.4 is 10.0 Å². The van der Waals surface area contributed by atoms with E-state index in [9.17, 15) is 18.0 Å². The van der Waals surface area contributed by atoms with Crippen LogP contribution in [-0.2, 0) is 21.4 Å². The summed E-state index contributed by atoms with van der Waals surface area (Å²) in [5.74, 6) is 0.487. The van der Waals surface area contributed by atoms with Crippen molar-refractivity contribution in [1.82, 2.24) is 15.0 Å². The third-order valence-corrected chi connectivity index (χ3v) is 7.06. The highest BCUT2D eigenvalue weighted by molar-refractivity contribution is 8.14. The van der Waals surface area contributed by atoms with E-state index in [0.717, 1.165) is 17.3 Å². The molecule has 1 aromatic carbocycles. The van der Waals surface area contributed by atoms with Crippen molar-refractivity contribution in [2.75, 3.05) is 15.8 Å². The Morgan fingerprint density at radius 2 is 1.83 bits per heavy atom. The zero-order chi connectivity index (χ0) is 24.8. The molecule has 3 aromatic heterocycles. The average molecular weight is 508 g/mol. The largest absolute Gasteiger partial charge is 0.366 e. The molecule has 0 unspecified atom stereocenters. The Balaban J connectivity index is 1.45. The summed E-state index contributed by atoms with van der Waals surface area (Å²) in [4.78, 5) is 35.8. The molecule has 0 radical (unpaired) electrons. The first kappa shape index (κ1) is 24.3. The van der Waals surface area contributed by atoms with Crippen LogP contribution in [0, 0.1) is 0 Å². The number of aromatic nitrogens is 3. The number of ketones is 1. The van der Waals surface area contributed by atoms with E-state index < -0.39 is 10.0 Å². The quantitative estimate of drug-likeness (QED) is 0.324. The summed E-state index contributed by atoms with van der Waals surface area (Å²) in [6, 6.07) is 14.9. The zero-order valence-corrected chi connectivity index (χ0v) is 20.3. The van der Waals surface area contributed by atoms with E-state index in [4.69, 9.17) is 0 Å². The molecule has 0 bridgehead atoms. The Bertz CT molecular complexity index is 1480. The fourth-order valence-corrected chi connectivity index (χ4v) is 4.68. The molecule has 0 fully saturated rings. The van der Waals surface area contributed by atoms with Crippen LogP contribution in [0.3, 0.4) is 0 Å². The molecule has 178 valence electrons. The van der Waals surface area contributed by atoms with Gasteiger partial charge in [-0.3, -0.25) is 19.3 Å². The smallest absolute Gasteiger partial charge is 0.263 e. The van der Waals surface area contributed by atoms with Crippen LogP contribution in [0.15, 0.2) is 78.1 Å². The summed E-state index contributed by atoms with van der Waals surface area (Å²) in [5, 5.41) is 3.73. The number of anilines is 2. The minimum atomic E-state index is -3.91. The Hall–Kier alpha value is -3.83. The van der Waals surface area contributed by atoms with Crippen molar-refractivity contribution >= 4 is 55.2 Å². The van der Waals surface area contributed by atoms with E-state index in [1.165, 1.54) is 37.4 Å². The molecule has 2 N–H and O–H groups in total. The van der Waals surface area contributed by atoms with Gasteiger partial charge in [-0.2, -0.15) is 0 Å². The van der Waals surface area contributed by atoms with Crippen LogP contribution in [0.5, 0.6) is 0 Å². The number of pyridine rings is 3. The normalized spacial score (nSPS) is 11.2. The molecule has 4 rings (SSSR count). The number of nitrogens with one attached hydrogen (secondary N) is 2. The van der Waals surface area contributed by atoms with Gasteiger partial charge in [0, 0.05) is 43.0 Å². The number of Topliss-reactive ketones (excluding diaryl/α,β-unsaturated/α-hetero) is 1. The first-order chi connectivity index (χ1) is 16.8. The van der Waals surface area contributed by atoms with Crippen molar-refractivity contribution in [2.24, 2.45) is 0 Å². The first-order valence-electron chi connectivity index (χ1n) is 10.5. The second-order valence-corrected chi connectivity index (χ2v) is 10.3. The zero-order valence-electron chi connectivity index (χ0n) is 18.6. The van der Waals surface area contributed by atoms with Crippen LogP contribution in [0.25, 0.3) is 10.9 Å². The van der Waals surface area contributed by atoms with Crippen molar-refractivity contribution in [1.29, 1.82) is 0 Å². The topological polar surface area (TPSA) is 131 Å². The van der Waals surface area contributed by atoms with Crippen molar-refractivity contribution in [3.63, 3.8) is 0 Å². The van der Waals surface area contributed by atoms with E-state index in [-0.39, 0.29) is 27.4 Å². The number of carbonyl (C=O) groups excluding carboxylic acids is 2. The molecule has 0 saturated carbocycles. The van der Waals surface area contributed by atoms with E-state index >= 15 is 0 Å². The number of carbonyl (C=O) groups is 2. The summed E-state index contributed by atoms with van der Waals surface area (Å²) < 4.78 is 28.2. The van der Waals surface area contributed by atoms with Crippen molar-refractivity contribution in [2.45, 2.75) is 18.4 Å². The lowest BCUT2D eigenvalue weighted by Crippen LogP contribution is -2.14. The molecule has 0 aliphatic rings. The number of rotatable bonds is 9. The molecular weight excluding hydrogens is 486 g/mol. The summed E-state index contributed by atoms with van der Waals surface area (Å²) in [7, 11) is -3.91. The highest BCUT2D eigenvalue weighted by atomic mass is 32.2. The average Bonchev–Trinajstić information content (AvgIpc) is 2.86. The monoisotopic (exact) mass is 507 g/mol. The lowest BCUT2D eigenvalue weighted by Gasteiger charge is -2.10. The van der Waals surface area contributed by atoms with Gasteiger partial charge in [0.25, 0.3) is 10.0 Å². The van der Waals surface area contributed by atoms with Gasteiger partial charge in [0.1, 0.15) is 11.6 Å². The van der Waals surface area contributed by atoms with Gasteiger partial charge in [-0.25, -0.2) is 18.4 Å². The van der Waals surface area contributed by atoms with Gasteiger partial charge >= 0.3 is 0 Å². The summed E-state index contributed by atoms with van der Waals surface area (Å²) >= 11 is 0.910. The van der Waals surface area contributed by atoms with E-state index in [1.54, 1.807) is 30.6 Å². The summed E-state index contributed by atoms with van der Waals surface area (Å²) in [5.41, 5.74) is 1.96. The predicted octanol–water partition coefficient (Wildman–Crippen LogP) is 3.90. The van der Waals surface area contributed by atoms with Gasteiger partial charge in [-0.15, -0.1) is 0 Å². The molecule has 11 heteroatoms. The van der Waals surface area contributed by atoms with Crippen molar-refractivity contribution in [3.05, 3.63) is 84.3 Å². The first-order valence-corrected chi connectivity index (χ1v) is 13.0. The van der Waals surface area contributed by atoms with E-state index in [1.807, 2.05) is 12.1 Å². The minimum Gasteiger partial charge on any atom is -0.366 e. The Morgan fingerprint density at radius 3 is 2.54 bits per heavy atom. The standard InChI is InChI=1S/C24H21N5O4S2/c1-16(30)34-15-22(31)19-5-9-24(27-14-19)29-35(32,33)20-6-7-21-18(11-20)4-8-23(28-21)26-13-17-3-2-10-25-12-17/h2-12,14H,13,15H2,1H3,(H,26,28)(H,27,29). The molecule has 35 heavy (non-hydrogen) atoms. The summed E-state index contributed by atoms with van der Waals surface area (Å²) in [6.07, 6.45) is 4.76. The van der Waals surface area contributed by atoms with E-state index in [2.05, 4.69) is 25.0 Å². The Morgan fingerprint density at radius 1 is 1.00 bits per heavy atom. The molecule has 0 aliphatic carbocycles. The maximum atomic E-state index is 12.9. The lowest BCUT2D eigenvalue weighted by atomic mass is 10.2. The van der Waals surface area contributed by atoms with Gasteiger partial charge in [-0.05, 0) is 54.1 Å². The van der Waals surface area contributed by atoms with Crippen molar-refractivity contribution < 1.29 is 18.0 Å². The molecule has 9 nitrogen and oxygen atoms in total. The number of hydrogen-bond donors (Lipinski definition) is 2. The van der Waals surface area contributed by atoms with E-state index in [0.29, 0.717) is 28.8 Å². The second kappa shape index (κ2) is 10.6. The predicted molar refractivity (Wildman–Crippen MR) is 136 cm³/mol. The number of sulfonamides is 1. The maximum Gasteiger partial charge on any atom is 0.263 e. The third-order valence-electron chi connectivity index (χ3n) is 4.90. The highest BCUT2D eigenvalue weighted by Crippen LogP contribution is 2.22. The van der Waals surface area contributed by atoms with Crippen LogP contribution in [0.1, 0.15) is 22.8 Å². The fraction of sp³-hybridized carbons (Fsp3) is 0.125. The van der Waals surface area contributed by atoms with Crippen LogP contribution in [-0.4, -0.2) is 40.0 Å².